The van der Waals surface area contributed by atoms with Crippen LogP contribution >= 0.6 is 23.2 Å². The molecule has 22 heavy (non-hydrogen) atoms. The van der Waals surface area contributed by atoms with Crippen molar-refractivity contribution in [1.29, 1.82) is 0 Å². The van der Waals surface area contributed by atoms with Gasteiger partial charge in [-0.2, -0.15) is 0 Å². The number of alkyl halides is 4. The van der Waals surface area contributed by atoms with E-state index in [2.05, 4.69) is 19.1 Å². The second-order valence-corrected chi connectivity index (χ2v) is 7.14. The minimum atomic E-state index is -2.49. The van der Waals surface area contributed by atoms with Crippen LogP contribution in [0.3, 0.4) is 0 Å². The summed E-state index contributed by atoms with van der Waals surface area (Å²) in [7, 11) is 0. The number of halogens is 4. The van der Waals surface area contributed by atoms with E-state index < -0.39 is 10.8 Å². The number of benzene rings is 2. The predicted molar refractivity (Wildman–Crippen MR) is 87.1 cm³/mol. The summed E-state index contributed by atoms with van der Waals surface area (Å²) >= 11 is 12.9. The molecular formula is C18H16Cl2F2. The van der Waals surface area contributed by atoms with Gasteiger partial charge in [-0.1, -0.05) is 49.4 Å². The van der Waals surface area contributed by atoms with Crippen LogP contribution in [0.15, 0.2) is 48.5 Å². The van der Waals surface area contributed by atoms with Crippen LogP contribution in [0, 0.1) is 0 Å². The van der Waals surface area contributed by atoms with Gasteiger partial charge in [-0.15, -0.1) is 23.2 Å². The molecule has 0 N–H and O–H groups in total. The van der Waals surface area contributed by atoms with E-state index in [1.54, 1.807) is 6.07 Å². The molecule has 0 heterocycles. The van der Waals surface area contributed by atoms with Gasteiger partial charge >= 0.3 is 0 Å². The van der Waals surface area contributed by atoms with Crippen LogP contribution in [0.1, 0.15) is 47.4 Å². The molecule has 0 bridgehead atoms. The third kappa shape index (κ3) is 2.75. The van der Waals surface area contributed by atoms with Gasteiger partial charge in [-0.25, -0.2) is 8.78 Å². The number of aryl methyl sites for hydroxylation is 1. The number of hydrogen-bond donors (Lipinski definition) is 0. The summed E-state index contributed by atoms with van der Waals surface area (Å²) in [5.74, 6) is -0.211. The van der Waals surface area contributed by atoms with Crippen molar-refractivity contribution in [2.24, 2.45) is 0 Å². The third-order valence-corrected chi connectivity index (χ3v) is 5.26. The first-order valence-corrected chi connectivity index (χ1v) is 8.05. The average molecular weight is 341 g/mol. The summed E-state index contributed by atoms with van der Waals surface area (Å²) in [5, 5.41) is 0. The lowest BCUT2D eigenvalue weighted by molar-refractivity contribution is 0.151. The minimum absolute atomic E-state index is 0.00798. The summed E-state index contributed by atoms with van der Waals surface area (Å²) < 4.78 is 24.8. The van der Waals surface area contributed by atoms with E-state index in [-0.39, 0.29) is 17.4 Å². The molecule has 0 nitrogen and oxygen atoms in total. The lowest BCUT2D eigenvalue weighted by atomic mass is 10.0. The Morgan fingerprint density at radius 1 is 1.00 bits per heavy atom. The normalized spacial score (nSPS) is 22.8. The highest BCUT2D eigenvalue weighted by molar-refractivity contribution is 6.52. The fraction of sp³-hybridized carbons (Fsp3) is 0.333. The van der Waals surface area contributed by atoms with Crippen molar-refractivity contribution in [3.05, 3.63) is 70.8 Å². The molecule has 1 fully saturated rings. The number of rotatable bonds is 4. The van der Waals surface area contributed by atoms with E-state index in [0.29, 0.717) is 0 Å². The molecule has 116 valence electrons. The first-order valence-electron chi connectivity index (χ1n) is 7.29. The molecule has 0 radical (unpaired) electrons. The molecular weight excluding hydrogens is 325 g/mol. The van der Waals surface area contributed by atoms with Crippen LogP contribution in [-0.2, 0) is 6.42 Å². The van der Waals surface area contributed by atoms with Crippen molar-refractivity contribution in [2.45, 2.75) is 35.9 Å². The molecule has 0 aromatic heterocycles. The molecule has 2 unspecified atom stereocenters. The monoisotopic (exact) mass is 340 g/mol. The second kappa shape index (κ2) is 5.82. The second-order valence-electron chi connectivity index (χ2n) is 5.70. The largest absolute Gasteiger partial charge is 0.263 e. The van der Waals surface area contributed by atoms with Crippen LogP contribution in [0.2, 0.25) is 0 Å². The summed E-state index contributed by atoms with van der Waals surface area (Å²) in [5.41, 5.74) is 3.08. The summed E-state index contributed by atoms with van der Waals surface area (Å²) in [6.45, 7) is 2.10. The van der Waals surface area contributed by atoms with Crippen LogP contribution in [0.25, 0.3) is 0 Å². The van der Waals surface area contributed by atoms with E-state index in [1.807, 2.05) is 18.2 Å². The van der Waals surface area contributed by atoms with Gasteiger partial charge in [0.2, 0.25) is 0 Å². The van der Waals surface area contributed by atoms with Gasteiger partial charge in [0.05, 0.1) is 0 Å². The molecule has 2 atom stereocenters. The highest BCUT2D eigenvalue weighted by atomic mass is 35.5. The van der Waals surface area contributed by atoms with Crippen molar-refractivity contribution in [3.63, 3.8) is 0 Å². The first-order chi connectivity index (χ1) is 10.4. The lowest BCUT2D eigenvalue weighted by Crippen LogP contribution is -1.92. The summed E-state index contributed by atoms with van der Waals surface area (Å²) in [6.07, 6.45) is -1.52. The molecule has 2 aromatic rings. The summed E-state index contributed by atoms with van der Waals surface area (Å²) in [6, 6.07) is 14.6. The van der Waals surface area contributed by atoms with Crippen LogP contribution in [0.5, 0.6) is 0 Å². The summed E-state index contributed by atoms with van der Waals surface area (Å²) in [4.78, 5) is 0. The maximum Gasteiger partial charge on any atom is 0.263 e. The maximum atomic E-state index is 12.9. The predicted octanol–water partition coefficient (Wildman–Crippen LogP) is 6.24. The van der Waals surface area contributed by atoms with Gasteiger partial charge in [0.25, 0.3) is 6.43 Å². The molecule has 3 rings (SSSR count). The molecule has 1 aliphatic rings. The molecule has 2 aromatic carbocycles. The molecule has 4 heteroatoms. The zero-order valence-corrected chi connectivity index (χ0v) is 13.6. The lowest BCUT2D eigenvalue weighted by Gasteiger charge is -2.05. The fourth-order valence-electron chi connectivity index (χ4n) is 3.01. The molecule has 0 saturated heterocycles. The average Bonchev–Trinajstić information content (AvgIpc) is 3.10. The Hall–Kier alpha value is -1.12. The van der Waals surface area contributed by atoms with Crippen LogP contribution < -0.4 is 0 Å². The third-order valence-electron chi connectivity index (χ3n) is 4.32. The van der Waals surface area contributed by atoms with Gasteiger partial charge in [0.15, 0.2) is 0 Å². The fourth-order valence-corrected chi connectivity index (χ4v) is 3.89. The van der Waals surface area contributed by atoms with Gasteiger partial charge in [-0.05, 0) is 29.2 Å². The Balaban J connectivity index is 1.90. The number of hydrogen-bond acceptors (Lipinski definition) is 0. The van der Waals surface area contributed by atoms with E-state index in [9.17, 15) is 8.78 Å². The van der Waals surface area contributed by atoms with E-state index in [4.69, 9.17) is 23.2 Å². The Morgan fingerprint density at radius 3 is 2.23 bits per heavy atom. The van der Waals surface area contributed by atoms with Crippen molar-refractivity contribution >= 4 is 23.2 Å². The van der Waals surface area contributed by atoms with Crippen LogP contribution in [0.4, 0.5) is 8.78 Å². The Morgan fingerprint density at radius 2 is 1.64 bits per heavy atom. The molecule has 0 amide bonds. The Bertz CT molecular complexity index is 665. The zero-order chi connectivity index (χ0) is 15.9. The highest BCUT2D eigenvalue weighted by Gasteiger charge is 2.64. The smallest absolute Gasteiger partial charge is 0.205 e. The molecule has 1 saturated carbocycles. The standard InChI is InChI=1S/C18H16Cl2F2/c1-2-11-6-8-12(9-7-11)15-16(18(15,19)20)13-4-3-5-14(10-13)17(21)22/h3-10,15-17H,2H2,1H3. The Labute approximate surface area is 139 Å². The molecule has 0 spiro atoms. The van der Waals surface area contributed by atoms with Crippen molar-refractivity contribution in [1.82, 2.24) is 0 Å². The van der Waals surface area contributed by atoms with Crippen molar-refractivity contribution < 1.29 is 8.78 Å². The zero-order valence-electron chi connectivity index (χ0n) is 12.1. The van der Waals surface area contributed by atoms with E-state index >= 15 is 0 Å². The quantitative estimate of drug-likeness (QED) is 0.577. The van der Waals surface area contributed by atoms with Gasteiger partial charge in [0, 0.05) is 17.4 Å². The van der Waals surface area contributed by atoms with E-state index in [1.165, 1.54) is 17.7 Å². The highest BCUT2D eigenvalue weighted by Crippen LogP contribution is 2.70. The topological polar surface area (TPSA) is 0 Å². The Kier molecular flexibility index (Phi) is 4.17. The minimum Gasteiger partial charge on any atom is -0.205 e. The first kappa shape index (κ1) is 15.8. The van der Waals surface area contributed by atoms with Crippen molar-refractivity contribution in [3.8, 4) is 0 Å². The maximum absolute atomic E-state index is 12.9. The van der Waals surface area contributed by atoms with Crippen LogP contribution in [-0.4, -0.2) is 4.33 Å². The van der Waals surface area contributed by atoms with Gasteiger partial charge in [-0.3, -0.25) is 0 Å². The van der Waals surface area contributed by atoms with E-state index in [0.717, 1.165) is 17.5 Å². The van der Waals surface area contributed by atoms with Crippen molar-refractivity contribution in [2.75, 3.05) is 0 Å². The molecule has 0 aliphatic heterocycles. The SMILES string of the molecule is CCc1ccc(C2C(c3cccc(C(F)F)c3)C2(Cl)Cl)cc1. The van der Waals surface area contributed by atoms with Gasteiger partial charge in [0.1, 0.15) is 4.33 Å². The van der Waals surface area contributed by atoms with Gasteiger partial charge < -0.3 is 0 Å². The molecule has 1 aliphatic carbocycles.